The third kappa shape index (κ3) is 2.04. The summed E-state index contributed by atoms with van der Waals surface area (Å²) < 4.78 is 5.97. The number of hydrogen-bond acceptors (Lipinski definition) is 3. The van der Waals surface area contributed by atoms with Gasteiger partial charge in [0.2, 0.25) is 0 Å². The first-order chi connectivity index (χ1) is 9.24. The highest BCUT2D eigenvalue weighted by Crippen LogP contribution is 2.42. The van der Waals surface area contributed by atoms with Crippen molar-refractivity contribution in [1.29, 1.82) is 0 Å². The van der Waals surface area contributed by atoms with Gasteiger partial charge in [-0.05, 0) is 25.7 Å². The summed E-state index contributed by atoms with van der Waals surface area (Å²) in [6.45, 7) is 0.920. The van der Waals surface area contributed by atoms with Crippen molar-refractivity contribution >= 4 is 6.09 Å². The van der Waals surface area contributed by atoms with Gasteiger partial charge in [0.05, 0.1) is 0 Å². The van der Waals surface area contributed by atoms with Crippen molar-refractivity contribution in [2.24, 2.45) is 0 Å². The van der Waals surface area contributed by atoms with Crippen molar-refractivity contribution in [3.05, 3.63) is 0 Å². The largest absolute Gasteiger partial charge is 0.443 e. The van der Waals surface area contributed by atoms with E-state index in [1.165, 1.54) is 38.5 Å². The van der Waals surface area contributed by atoms with Gasteiger partial charge in [0.25, 0.3) is 0 Å². The molecule has 4 nitrogen and oxygen atoms in total. The molecule has 1 amide bonds. The van der Waals surface area contributed by atoms with E-state index >= 15 is 0 Å². The highest BCUT2D eigenvalue weighted by Gasteiger charge is 2.49. The van der Waals surface area contributed by atoms with Gasteiger partial charge in [0.15, 0.2) is 0 Å². The molecule has 0 aromatic carbocycles. The second-order valence-electron chi connectivity index (χ2n) is 6.98. The number of piperidine rings is 1. The third-order valence-electron chi connectivity index (χ3n) is 5.68. The molecule has 19 heavy (non-hydrogen) atoms. The van der Waals surface area contributed by atoms with Gasteiger partial charge in [-0.25, -0.2) is 4.79 Å². The van der Waals surface area contributed by atoms with Crippen LogP contribution in [-0.2, 0) is 4.74 Å². The van der Waals surface area contributed by atoms with Crippen LogP contribution in [0.5, 0.6) is 0 Å². The minimum atomic E-state index is -0.136. The molecule has 1 spiro atoms. The smallest absolute Gasteiger partial charge is 0.410 e. The zero-order valence-electron chi connectivity index (χ0n) is 11.6. The fraction of sp³-hybridized carbons (Fsp3) is 0.933. The van der Waals surface area contributed by atoms with Crippen molar-refractivity contribution in [1.82, 2.24) is 10.2 Å². The predicted molar refractivity (Wildman–Crippen MR) is 72.0 cm³/mol. The lowest BCUT2D eigenvalue weighted by atomic mass is 9.83. The summed E-state index contributed by atoms with van der Waals surface area (Å²) in [5.74, 6) is 0. The number of amides is 1. The Bertz CT molecular complexity index is 366. The molecule has 1 saturated carbocycles. The van der Waals surface area contributed by atoms with Gasteiger partial charge in [-0.2, -0.15) is 0 Å². The van der Waals surface area contributed by atoms with Crippen LogP contribution in [0.15, 0.2) is 0 Å². The number of carbonyl (C=O) groups excluding carboxylic acids is 1. The summed E-state index contributed by atoms with van der Waals surface area (Å²) in [5, 5.41) is 3.64. The Balaban J connectivity index is 1.46. The Labute approximate surface area is 114 Å². The Hall–Kier alpha value is -0.770. The Morgan fingerprint density at radius 2 is 1.79 bits per heavy atom. The van der Waals surface area contributed by atoms with Gasteiger partial charge in [-0.15, -0.1) is 0 Å². The van der Waals surface area contributed by atoms with Crippen LogP contribution in [0.2, 0.25) is 0 Å². The molecule has 2 bridgehead atoms. The summed E-state index contributed by atoms with van der Waals surface area (Å²) in [6.07, 6.45) is 10.5. The van der Waals surface area contributed by atoms with E-state index in [-0.39, 0.29) is 11.7 Å². The molecule has 4 fully saturated rings. The van der Waals surface area contributed by atoms with E-state index < -0.39 is 0 Å². The Morgan fingerprint density at radius 3 is 2.42 bits per heavy atom. The van der Waals surface area contributed by atoms with Crippen LogP contribution in [0.3, 0.4) is 0 Å². The minimum absolute atomic E-state index is 0.0283. The Morgan fingerprint density at radius 1 is 1.11 bits per heavy atom. The summed E-state index contributed by atoms with van der Waals surface area (Å²) in [4.78, 5) is 14.4. The van der Waals surface area contributed by atoms with Crippen molar-refractivity contribution < 1.29 is 9.53 Å². The lowest BCUT2D eigenvalue weighted by molar-refractivity contribution is -0.0808. The quantitative estimate of drug-likeness (QED) is 0.791. The average molecular weight is 264 g/mol. The number of nitrogens with zero attached hydrogens (tertiary/aromatic N) is 1. The topological polar surface area (TPSA) is 41.6 Å². The van der Waals surface area contributed by atoms with Crippen LogP contribution >= 0.6 is 0 Å². The van der Waals surface area contributed by atoms with Crippen LogP contribution in [-0.4, -0.2) is 41.3 Å². The number of carbonyl (C=O) groups is 1. The zero-order chi connectivity index (χ0) is 12.9. The van der Waals surface area contributed by atoms with E-state index in [9.17, 15) is 4.79 Å². The number of rotatable bonds is 1. The number of ether oxygens (including phenoxy) is 1. The SMILES string of the molecule is O=C1OC2(CCN1C1CCCC1)C[C@H]1CC[C@@H](C2)N1. The van der Waals surface area contributed by atoms with Crippen LogP contribution in [0.25, 0.3) is 0 Å². The maximum Gasteiger partial charge on any atom is 0.410 e. The second kappa shape index (κ2) is 4.37. The molecule has 1 aliphatic carbocycles. The summed E-state index contributed by atoms with van der Waals surface area (Å²) in [7, 11) is 0. The monoisotopic (exact) mass is 264 g/mol. The molecule has 3 aliphatic heterocycles. The van der Waals surface area contributed by atoms with E-state index in [0.717, 1.165) is 25.8 Å². The van der Waals surface area contributed by atoms with Crippen LogP contribution in [0.1, 0.15) is 57.8 Å². The van der Waals surface area contributed by atoms with Gasteiger partial charge in [0.1, 0.15) is 5.60 Å². The van der Waals surface area contributed by atoms with Crippen LogP contribution < -0.4 is 5.32 Å². The van der Waals surface area contributed by atoms with Crippen molar-refractivity contribution in [2.45, 2.75) is 81.5 Å². The van der Waals surface area contributed by atoms with Crippen molar-refractivity contribution in [2.75, 3.05) is 6.54 Å². The first kappa shape index (κ1) is 12.0. The number of nitrogens with one attached hydrogen (secondary N) is 1. The molecule has 0 aromatic rings. The highest BCUT2D eigenvalue weighted by atomic mass is 16.6. The maximum atomic E-state index is 12.4. The van der Waals surface area contributed by atoms with Gasteiger partial charge < -0.3 is 15.0 Å². The second-order valence-corrected chi connectivity index (χ2v) is 6.98. The minimum Gasteiger partial charge on any atom is -0.443 e. The van der Waals surface area contributed by atoms with E-state index in [4.69, 9.17) is 4.74 Å². The van der Waals surface area contributed by atoms with E-state index in [1.54, 1.807) is 0 Å². The lowest BCUT2D eigenvalue weighted by Gasteiger charge is -2.47. The molecule has 1 N–H and O–H groups in total. The van der Waals surface area contributed by atoms with E-state index in [2.05, 4.69) is 5.32 Å². The molecular formula is C15H24N2O2. The summed E-state index contributed by atoms with van der Waals surface area (Å²) in [5.41, 5.74) is -0.136. The van der Waals surface area contributed by atoms with Crippen molar-refractivity contribution in [3.63, 3.8) is 0 Å². The molecule has 1 unspecified atom stereocenters. The average Bonchev–Trinajstić information content (AvgIpc) is 3.00. The normalized spacial score (nSPS) is 42.9. The van der Waals surface area contributed by atoms with Gasteiger partial charge in [0, 0.05) is 43.9 Å². The van der Waals surface area contributed by atoms with Gasteiger partial charge >= 0.3 is 6.09 Å². The molecule has 0 radical (unpaired) electrons. The Kier molecular flexibility index (Phi) is 2.76. The van der Waals surface area contributed by atoms with Gasteiger partial charge in [-0.3, -0.25) is 0 Å². The third-order valence-corrected chi connectivity index (χ3v) is 5.68. The van der Waals surface area contributed by atoms with Crippen LogP contribution in [0.4, 0.5) is 4.79 Å². The molecule has 106 valence electrons. The van der Waals surface area contributed by atoms with Crippen molar-refractivity contribution in [3.8, 4) is 0 Å². The first-order valence-electron chi connectivity index (χ1n) is 8.00. The zero-order valence-corrected chi connectivity index (χ0v) is 11.6. The summed E-state index contributed by atoms with van der Waals surface area (Å²) >= 11 is 0. The molecule has 4 rings (SSSR count). The lowest BCUT2D eigenvalue weighted by Crippen LogP contribution is -2.58. The molecule has 3 atom stereocenters. The molecule has 4 aliphatic rings. The number of hydrogen-bond donors (Lipinski definition) is 1. The molecule has 4 heteroatoms. The van der Waals surface area contributed by atoms with E-state index in [0.29, 0.717) is 18.1 Å². The number of fused-ring (bicyclic) bond motifs is 2. The summed E-state index contributed by atoms with van der Waals surface area (Å²) in [6, 6.07) is 1.64. The van der Waals surface area contributed by atoms with E-state index in [1.807, 2.05) is 4.90 Å². The molecule has 3 saturated heterocycles. The van der Waals surface area contributed by atoms with Crippen LogP contribution in [0, 0.1) is 0 Å². The maximum absolute atomic E-state index is 12.4. The predicted octanol–water partition coefficient (Wildman–Crippen LogP) is 2.42. The molecular weight excluding hydrogens is 240 g/mol. The van der Waals surface area contributed by atoms with Gasteiger partial charge in [-0.1, -0.05) is 12.8 Å². The molecule has 3 heterocycles. The highest BCUT2D eigenvalue weighted by molar-refractivity contribution is 5.69. The first-order valence-corrected chi connectivity index (χ1v) is 8.00. The standard InChI is InChI=1S/C15H24N2O2/c18-14-17(13-3-1-2-4-13)8-7-15(19-14)9-11-5-6-12(10-15)16-11/h11-13,16H,1-10H2/t11-,12+,15?. The fourth-order valence-corrected chi connectivity index (χ4v) is 4.75. The fourth-order valence-electron chi connectivity index (χ4n) is 4.75. The molecule has 0 aromatic heterocycles.